The second-order valence-corrected chi connectivity index (χ2v) is 2.15. The van der Waals surface area contributed by atoms with Crippen molar-refractivity contribution in [3.8, 4) is 12.3 Å². The maximum Gasteiger partial charge on any atom is 0.0530 e. The minimum atomic E-state index is 0.239. The van der Waals surface area contributed by atoms with Crippen LogP contribution in [0.3, 0.4) is 0 Å². The summed E-state index contributed by atoms with van der Waals surface area (Å²) in [5.41, 5.74) is 0. The van der Waals surface area contributed by atoms with Crippen LogP contribution in [0.2, 0.25) is 0 Å². The van der Waals surface area contributed by atoms with Gasteiger partial charge in [0.15, 0.2) is 0 Å². The van der Waals surface area contributed by atoms with Gasteiger partial charge in [0, 0.05) is 12.5 Å². The zero-order valence-electron chi connectivity index (χ0n) is 5.08. The van der Waals surface area contributed by atoms with Gasteiger partial charge in [-0.25, -0.2) is 0 Å². The van der Waals surface area contributed by atoms with Gasteiger partial charge in [-0.3, -0.25) is 5.01 Å². The fourth-order valence-corrected chi connectivity index (χ4v) is 0.952. The molecule has 9 heavy (non-hydrogen) atoms. The molecule has 0 aromatic heterocycles. The van der Waals surface area contributed by atoms with E-state index in [1.165, 1.54) is 5.01 Å². The van der Waals surface area contributed by atoms with Crippen LogP contribution in [0.25, 0.3) is 0 Å². The summed E-state index contributed by atoms with van der Waals surface area (Å²) in [5.74, 6) is 2.83. The lowest BCUT2D eigenvalue weighted by Gasteiger charge is -2.02. The molecule has 0 spiro atoms. The average molecular weight is 124 g/mol. The Hall–Kier alpha value is -1.04. The van der Waals surface area contributed by atoms with Gasteiger partial charge in [-0.1, -0.05) is 0 Å². The number of nitroso groups, excluding NO2 is 1. The molecule has 3 nitrogen and oxygen atoms in total. The minimum absolute atomic E-state index is 0.239. The SMILES string of the molecule is C#CC1CCN(N=O)C1. The van der Waals surface area contributed by atoms with Crippen molar-refractivity contribution in [2.75, 3.05) is 13.1 Å². The average Bonchev–Trinajstić information content (AvgIpc) is 2.34. The van der Waals surface area contributed by atoms with E-state index < -0.39 is 0 Å². The van der Waals surface area contributed by atoms with Gasteiger partial charge in [0.25, 0.3) is 0 Å². The Bertz CT molecular complexity index is 150. The van der Waals surface area contributed by atoms with Crippen molar-refractivity contribution in [2.24, 2.45) is 11.2 Å². The molecule has 1 aliphatic heterocycles. The third-order valence-corrected chi connectivity index (χ3v) is 1.52. The summed E-state index contributed by atoms with van der Waals surface area (Å²) in [7, 11) is 0. The molecular formula is C6H8N2O. The highest BCUT2D eigenvalue weighted by Crippen LogP contribution is 2.14. The number of rotatable bonds is 1. The summed E-state index contributed by atoms with van der Waals surface area (Å²) in [6.07, 6.45) is 6.04. The van der Waals surface area contributed by atoms with Gasteiger partial charge in [0.1, 0.15) is 0 Å². The van der Waals surface area contributed by atoms with Crippen LogP contribution in [0, 0.1) is 23.2 Å². The van der Waals surface area contributed by atoms with E-state index in [1.807, 2.05) is 0 Å². The van der Waals surface area contributed by atoms with Crippen molar-refractivity contribution < 1.29 is 0 Å². The van der Waals surface area contributed by atoms with Crippen molar-refractivity contribution >= 4 is 0 Å². The molecule has 1 rings (SSSR count). The molecule has 0 aromatic carbocycles. The topological polar surface area (TPSA) is 32.7 Å². The standard InChI is InChI=1S/C6H8N2O/c1-2-6-3-4-8(5-6)7-9/h1,6H,3-5H2. The molecule has 0 aliphatic carbocycles. The molecule has 0 saturated carbocycles. The number of terminal acetylenes is 1. The van der Waals surface area contributed by atoms with Crippen molar-refractivity contribution in [3.05, 3.63) is 4.91 Å². The summed E-state index contributed by atoms with van der Waals surface area (Å²) >= 11 is 0. The Morgan fingerprint density at radius 3 is 2.89 bits per heavy atom. The first-order valence-corrected chi connectivity index (χ1v) is 2.91. The van der Waals surface area contributed by atoms with Gasteiger partial charge in [-0.15, -0.1) is 17.3 Å². The zero-order chi connectivity index (χ0) is 6.69. The summed E-state index contributed by atoms with van der Waals surface area (Å²) in [6, 6.07) is 0. The second-order valence-electron chi connectivity index (χ2n) is 2.15. The van der Waals surface area contributed by atoms with Gasteiger partial charge in [-0.2, -0.15) is 0 Å². The summed E-state index contributed by atoms with van der Waals surface area (Å²) in [6.45, 7) is 1.36. The summed E-state index contributed by atoms with van der Waals surface area (Å²) in [5, 5.41) is 4.24. The third kappa shape index (κ3) is 1.20. The highest BCUT2D eigenvalue weighted by Gasteiger charge is 2.19. The van der Waals surface area contributed by atoms with Crippen LogP contribution in [0.4, 0.5) is 0 Å². The first kappa shape index (κ1) is 6.09. The maximum absolute atomic E-state index is 9.88. The highest BCUT2D eigenvalue weighted by atomic mass is 16.3. The molecule has 0 radical (unpaired) electrons. The maximum atomic E-state index is 9.88. The first-order chi connectivity index (χ1) is 4.36. The van der Waals surface area contributed by atoms with Gasteiger partial charge in [-0.05, 0) is 6.42 Å². The van der Waals surface area contributed by atoms with E-state index >= 15 is 0 Å². The van der Waals surface area contributed by atoms with Crippen LogP contribution in [0.15, 0.2) is 5.29 Å². The number of hydrogen-bond donors (Lipinski definition) is 0. The van der Waals surface area contributed by atoms with Crippen LogP contribution < -0.4 is 0 Å². The molecule has 1 atom stereocenters. The highest BCUT2D eigenvalue weighted by molar-refractivity contribution is 4.97. The Morgan fingerprint density at radius 2 is 2.56 bits per heavy atom. The molecule has 0 aromatic rings. The van der Waals surface area contributed by atoms with E-state index in [4.69, 9.17) is 6.42 Å². The van der Waals surface area contributed by atoms with Crippen LogP contribution in [0.5, 0.6) is 0 Å². The molecule has 1 fully saturated rings. The van der Waals surface area contributed by atoms with Gasteiger partial charge in [0.2, 0.25) is 0 Å². The van der Waals surface area contributed by atoms with Gasteiger partial charge >= 0.3 is 0 Å². The molecule has 1 heterocycles. The van der Waals surface area contributed by atoms with Crippen molar-refractivity contribution in [2.45, 2.75) is 6.42 Å². The number of nitrogens with zero attached hydrogens (tertiary/aromatic N) is 2. The molecular weight excluding hydrogens is 116 g/mol. The Kier molecular flexibility index (Phi) is 1.69. The van der Waals surface area contributed by atoms with Crippen LogP contribution in [-0.2, 0) is 0 Å². The Labute approximate surface area is 54.0 Å². The zero-order valence-corrected chi connectivity index (χ0v) is 5.08. The molecule has 1 unspecified atom stereocenters. The van der Waals surface area contributed by atoms with Crippen LogP contribution >= 0.6 is 0 Å². The van der Waals surface area contributed by atoms with Crippen molar-refractivity contribution in [3.63, 3.8) is 0 Å². The lowest BCUT2D eigenvalue weighted by Crippen LogP contribution is -2.11. The van der Waals surface area contributed by atoms with E-state index in [9.17, 15) is 4.91 Å². The summed E-state index contributed by atoms with van der Waals surface area (Å²) in [4.78, 5) is 9.88. The Balaban J connectivity index is 2.39. The van der Waals surface area contributed by atoms with Gasteiger partial charge < -0.3 is 0 Å². The minimum Gasteiger partial charge on any atom is -0.260 e. The third-order valence-electron chi connectivity index (χ3n) is 1.52. The van der Waals surface area contributed by atoms with E-state index in [0.717, 1.165) is 13.0 Å². The van der Waals surface area contributed by atoms with Crippen LogP contribution in [-0.4, -0.2) is 18.1 Å². The van der Waals surface area contributed by atoms with E-state index in [2.05, 4.69) is 11.2 Å². The first-order valence-electron chi connectivity index (χ1n) is 2.91. The second kappa shape index (κ2) is 2.49. The van der Waals surface area contributed by atoms with Crippen LogP contribution in [0.1, 0.15) is 6.42 Å². The molecule has 0 bridgehead atoms. The molecule has 0 N–H and O–H groups in total. The van der Waals surface area contributed by atoms with Gasteiger partial charge in [0.05, 0.1) is 11.8 Å². The normalized spacial score (nSPS) is 25.7. The predicted molar refractivity (Wildman–Crippen MR) is 34.3 cm³/mol. The van der Waals surface area contributed by atoms with Crippen molar-refractivity contribution in [1.29, 1.82) is 0 Å². The smallest absolute Gasteiger partial charge is 0.0530 e. The number of hydrogen-bond acceptors (Lipinski definition) is 2. The predicted octanol–water partition coefficient (Wildman–Crippen LogP) is 0.623. The largest absolute Gasteiger partial charge is 0.260 e. The lowest BCUT2D eigenvalue weighted by atomic mass is 10.1. The lowest BCUT2D eigenvalue weighted by molar-refractivity contribution is 0.348. The summed E-state index contributed by atoms with van der Waals surface area (Å²) < 4.78 is 0. The molecule has 48 valence electrons. The molecule has 0 amide bonds. The van der Waals surface area contributed by atoms with E-state index in [-0.39, 0.29) is 5.92 Å². The quantitative estimate of drug-likeness (QED) is 0.379. The Morgan fingerprint density at radius 1 is 1.78 bits per heavy atom. The van der Waals surface area contributed by atoms with E-state index in [1.54, 1.807) is 0 Å². The fraction of sp³-hybridized carbons (Fsp3) is 0.667. The molecule has 1 aliphatic rings. The van der Waals surface area contributed by atoms with E-state index in [0.29, 0.717) is 6.54 Å². The molecule has 1 saturated heterocycles. The molecule has 3 heteroatoms. The van der Waals surface area contributed by atoms with Crippen molar-refractivity contribution in [1.82, 2.24) is 5.01 Å². The monoisotopic (exact) mass is 124 g/mol. The fourth-order valence-electron chi connectivity index (χ4n) is 0.952.